The van der Waals surface area contributed by atoms with Gasteiger partial charge in [0.05, 0.1) is 5.75 Å². The minimum atomic E-state index is -0.237. The van der Waals surface area contributed by atoms with Gasteiger partial charge in [-0.25, -0.2) is 4.39 Å². The van der Waals surface area contributed by atoms with Crippen LogP contribution in [0.25, 0.3) is 11.4 Å². The summed E-state index contributed by atoms with van der Waals surface area (Å²) in [5.41, 5.74) is 3.17. The van der Waals surface area contributed by atoms with Gasteiger partial charge in [-0.15, -0.1) is 10.2 Å². The molecule has 0 unspecified atom stereocenters. The Bertz CT molecular complexity index is 1030. The summed E-state index contributed by atoms with van der Waals surface area (Å²) in [7, 11) is 1.92. The number of hydrogen-bond donors (Lipinski definition) is 0. The summed E-state index contributed by atoms with van der Waals surface area (Å²) in [5.74, 6) is 0.982. The van der Waals surface area contributed by atoms with Crippen LogP contribution in [0.2, 0.25) is 0 Å². The van der Waals surface area contributed by atoms with Crippen LogP contribution in [0, 0.1) is 12.7 Å². The van der Waals surface area contributed by atoms with Crippen LogP contribution in [0.4, 0.5) is 10.1 Å². The number of rotatable bonds is 5. The highest BCUT2D eigenvalue weighted by atomic mass is 32.2. The molecule has 0 spiro atoms. The first-order chi connectivity index (χ1) is 14.5. The third kappa shape index (κ3) is 4.48. The molecule has 1 aliphatic rings. The normalized spacial score (nSPS) is 14.2. The molecule has 30 heavy (non-hydrogen) atoms. The quantitative estimate of drug-likeness (QED) is 0.587. The summed E-state index contributed by atoms with van der Waals surface area (Å²) >= 11 is 1.41. The largest absolute Gasteiger partial charge is 0.368 e. The zero-order valence-electron chi connectivity index (χ0n) is 17.1. The van der Waals surface area contributed by atoms with E-state index in [9.17, 15) is 9.18 Å². The van der Waals surface area contributed by atoms with Crippen molar-refractivity contribution in [1.82, 2.24) is 19.7 Å². The van der Waals surface area contributed by atoms with Gasteiger partial charge in [0, 0.05) is 44.5 Å². The first kappa shape index (κ1) is 20.4. The van der Waals surface area contributed by atoms with Crippen LogP contribution < -0.4 is 4.90 Å². The summed E-state index contributed by atoms with van der Waals surface area (Å²) in [5, 5.41) is 9.29. The molecule has 3 aromatic rings. The van der Waals surface area contributed by atoms with E-state index in [1.54, 1.807) is 12.1 Å². The molecule has 1 saturated heterocycles. The first-order valence-electron chi connectivity index (χ1n) is 9.89. The van der Waals surface area contributed by atoms with Crippen LogP contribution in [-0.2, 0) is 11.8 Å². The summed E-state index contributed by atoms with van der Waals surface area (Å²) in [4.78, 5) is 16.7. The molecule has 1 amide bonds. The second-order valence-electron chi connectivity index (χ2n) is 7.37. The van der Waals surface area contributed by atoms with E-state index in [-0.39, 0.29) is 11.7 Å². The maximum absolute atomic E-state index is 13.1. The lowest BCUT2D eigenvalue weighted by molar-refractivity contribution is -0.128. The Morgan fingerprint density at radius 3 is 2.50 bits per heavy atom. The maximum Gasteiger partial charge on any atom is 0.233 e. The number of hydrogen-bond acceptors (Lipinski definition) is 5. The van der Waals surface area contributed by atoms with E-state index in [1.165, 1.54) is 29.5 Å². The number of thioether (sulfide) groups is 1. The third-order valence-electron chi connectivity index (χ3n) is 5.26. The van der Waals surface area contributed by atoms with Crippen LogP contribution in [0.5, 0.6) is 0 Å². The van der Waals surface area contributed by atoms with Crippen molar-refractivity contribution in [3.8, 4) is 11.4 Å². The SMILES string of the molecule is Cc1cccc(-c2nnc(SCC(=O)N3CCN(c4ccc(F)cc4)CC3)n2C)c1. The van der Waals surface area contributed by atoms with Crippen molar-refractivity contribution in [2.75, 3.05) is 36.8 Å². The Hall–Kier alpha value is -2.87. The zero-order valence-corrected chi connectivity index (χ0v) is 17.9. The molecule has 0 bridgehead atoms. The highest BCUT2D eigenvalue weighted by molar-refractivity contribution is 7.99. The Morgan fingerprint density at radius 1 is 1.07 bits per heavy atom. The Kier molecular flexibility index (Phi) is 6.03. The van der Waals surface area contributed by atoms with E-state index in [0.29, 0.717) is 18.8 Å². The fraction of sp³-hybridized carbons (Fsp3) is 0.318. The predicted molar refractivity (Wildman–Crippen MR) is 117 cm³/mol. The lowest BCUT2D eigenvalue weighted by Gasteiger charge is -2.36. The van der Waals surface area contributed by atoms with Gasteiger partial charge < -0.3 is 14.4 Å². The number of carbonyl (C=O) groups is 1. The molecule has 1 aliphatic heterocycles. The van der Waals surface area contributed by atoms with E-state index >= 15 is 0 Å². The van der Waals surface area contributed by atoms with Gasteiger partial charge in [-0.2, -0.15) is 0 Å². The monoisotopic (exact) mass is 425 g/mol. The van der Waals surface area contributed by atoms with E-state index in [4.69, 9.17) is 0 Å². The average molecular weight is 426 g/mol. The van der Waals surface area contributed by atoms with Crippen LogP contribution in [0.3, 0.4) is 0 Å². The number of amides is 1. The molecule has 8 heteroatoms. The van der Waals surface area contributed by atoms with Gasteiger partial charge >= 0.3 is 0 Å². The van der Waals surface area contributed by atoms with E-state index < -0.39 is 0 Å². The fourth-order valence-electron chi connectivity index (χ4n) is 3.56. The van der Waals surface area contributed by atoms with Gasteiger partial charge in [-0.3, -0.25) is 4.79 Å². The second-order valence-corrected chi connectivity index (χ2v) is 8.31. The van der Waals surface area contributed by atoms with Crippen LogP contribution in [-0.4, -0.2) is 57.5 Å². The molecule has 0 saturated carbocycles. The van der Waals surface area contributed by atoms with Crippen LogP contribution >= 0.6 is 11.8 Å². The number of carbonyl (C=O) groups excluding carboxylic acids is 1. The molecule has 0 atom stereocenters. The Balaban J connectivity index is 1.32. The molecule has 0 aliphatic carbocycles. The number of aromatic nitrogens is 3. The van der Waals surface area contributed by atoms with Crippen molar-refractivity contribution in [1.29, 1.82) is 0 Å². The average Bonchev–Trinajstić information content (AvgIpc) is 3.13. The lowest BCUT2D eigenvalue weighted by Crippen LogP contribution is -2.49. The number of nitrogens with zero attached hydrogens (tertiary/aromatic N) is 5. The van der Waals surface area contributed by atoms with Crippen molar-refractivity contribution in [2.24, 2.45) is 7.05 Å². The smallest absolute Gasteiger partial charge is 0.233 e. The fourth-order valence-corrected chi connectivity index (χ4v) is 4.37. The van der Waals surface area contributed by atoms with Crippen molar-refractivity contribution in [3.05, 3.63) is 59.9 Å². The highest BCUT2D eigenvalue weighted by Crippen LogP contribution is 2.24. The van der Waals surface area contributed by atoms with Gasteiger partial charge in [0.15, 0.2) is 11.0 Å². The number of aryl methyl sites for hydroxylation is 1. The molecule has 0 N–H and O–H groups in total. The topological polar surface area (TPSA) is 54.3 Å². The standard InChI is InChI=1S/C22H24FN5OS/c1-16-4-3-5-17(14-16)21-24-25-22(26(21)2)30-15-20(29)28-12-10-27(11-13-28)19-8-6-18(23)7-9-19/h3-9,14H,10-13,15H2,1-2H3. The molecule has 6 nitrogen and oxygen atoms in total. The molecule has 0 radical (unpaired) electrons. The molecular weight excluding hydrogens is 401 g/mol. The number of halogens is 1. The summed E-state index contributed by atoms with van der Waals surface area (Å²) in [6, 6.07) is 14.6. The molecule has 156 valence electrons. The van der Waals surface area contributed by atoms with Crippen molar-refractivity contribution in [3.63, 3.8) is 0 Å². The lowest BCUT2D eigenvalue weighted by atomic mass is 10.1. The minimum absolute atomic E-state index is 0.0962. The minimum Gasteiger partial charge on any atom is -0.368 e. The number of benzene rings is 2. The summed E-state index contributed by atoms with van der Waals surface area (Å²) < 4.78 is 15.0. The van der Waals surface area contributed by atoms with Gasteiger partial charge in [0.1, 0.15) is 5.82 Å². The highest BCUT2D eigenvalue weighted by Gasteiger charge is 2.22. The molecule has 4 rings (SSSR count). The molecule has 2 aromatic carbocycles. The van der Waals surface area contributed by atoms with Gasteiger partial charge in [0.2, 0.25) is 5.91 Å². The molecule has 1 fully saturated rings. The molecule has 2 heterocycles. The first-order valence-corrected chi connectivity index (χ1v) is 10.9. The third-order valence-corrected chi connectivity index (χ3v) is 6.27. The second kappa shape index (κ2) is 8.87. The van der Waals surface area contributed by atoms with Gasteiger partial charge in [0.25, 0.3) is 0 Å². The maximum atomic E-state index is 13.1. The summed E-state index contributed by atoms with van der Waals surface area (Å²) in [6.07, 6.45) is 0. The van der Waals surface area contributed by atoms with E-state index in [2.05, 4.69) is 21.2 Å². The van der Waals surface area contributed by atoms with Crippen LogP contribution in [0.1, 0.15) is 5.56 Å². The van der Waals surface area contributed by atoms with Crippen molar-refractivity contribution < 1.29 is 9.18 Å². The summed E-state index contributed by atoms with van der Waals surface area (Å²) in [6.45, 7) is 4.84. The molecular formula is C22H24FN5OS. The van der Waals surface area contributed by atoms with E-state index in [1.807, 2.05) is 41.6 Å². The Labute approximate surface area is 179 Å². The number of anilines is 1. The van der Waals surface area contributed by atoms with Crippen LogP contribution in [0.15, 0.2) is 53.7 Å². The van der Waals surface area contributed by atoms with Gasteiger partial charge in [-0.1, -0.05) is 35.5 Å². The zero-order chi connectivity index (χ0) is 21.1. The Morgan fingerprint density at radius 2 is 1.80 bits per heavy atom. The van der Waals surface area contributed by atoms with E-state index in [0.717, 1.165) is 35.3 Å². The predicted octanol–water partition coefficient (Wildman–Crippen LogP) is 3.37. The van der Waals surface area contributed by atoms with Gasteiger partial charge in [-0.05, 0) is 37.3 Å². The van der Waals surface area contributed by atoms with Crippen molar-refractivity contribution >= 4 is 23.4 Å². The number of piperazine rings is 1. The molecule has 1 aromatic heterocycles. The van der Waals surface area contributed by atoms with Crippen molar-refractivity contribution in [2.45, 2.75) is 12.1 Å².